The van der Waals surface area contributed by atoms with Crippen LogP contribution < -0.4 is 5.32 Å². The molecule has 0 aliphatic rings. The van der Waals surface area contributed by atoms with Crippen molar-refractivity contribution in [3.8, 4) is 0 Å². The molecule has 2 nitrogen and oxygen atoms in total. The lowest BCUT2D eigenvalue weighted by atomic mass is 10.2. The number of rotatable bonds is 5. The van der Waals surface area contributed by atoms with E-state index in [1.807, 2.05) is 0 Å². The van der Waals surface area contributed by atoms with Crippen LogP contribution >= 0.6 is 0 Å². The Morgan fingerprint density at radius 3 is 2.55 bits per heavy atom. The lowest BCUT2D eigenvalue weighted by Gasteiger charge is -2.10. The van der Waals surface area contributed by atoms with E-state index in [2.05, 4.69) is 44.2 Å². The molecule has 0 aromatic carbocycles. The molecule has 11 heavy (non-hydrogen) atoms. The van der Waals surface area contributed by atoms with Crippen LogP contribution in [0.1, 0.15) is 20.3 Å². The van der Waals surface area contributed by atoms with E-state index in [4.69, 9.17) is 0 Å². The first-order valence-electron chi connectivity index (χ1n) is 4.14. The molecule has 0 aliphatic carbocycles. The number of hydrogen-bond donors (Lipinski definition) is 1. The summed E-state index contributed by atoms with van der Waals surface area (Å²) in [6.45, 7) is 6.30. The van der Waals surface area contributed by atoms with Gasteiger partial charge in [-0.25, -0.2) is 0 Å². The van der Waals surface area contributed by atoms with Crippen molar-refractivity contribution in [1.82, 2.24) is 10.2 Å². The average molecular weight is 156 g/mol. The van der Waals surface area contributed by atoms with Gasteiger partial charge in [-0.3, -0.25) is 4.90 Å². The summed E-state index contributed by atoms with van der Waals surface area (Å²) in [7, 11) is 4.13. The van der Waals surface area contributed by atoms with Gasteiger partial charge in [-0.05, 0) is 34.4 Å². The Morgan fingerprint density at radius 1 is 1.45 bits per heavy atom. The van der Waals surface area contributed by atoms with Gasteiger partial charge in [-0.1, -0.05) is 11.6 Å². The Bertz CT molecular complexity index is 117. The van der Waals surface area contributed by atoms with E-state index in [1.165, 1.54) is 5.57 Å². The highest BCUT2D eigenvalue weighted by atomic mass is 15.2. The minimum absolute atomic E-state index is 0.969. The van der Waals surface area contributed by atoms with Crippen molar-refractivity contribution in [2.24, 2.45) is 0 Å². The summed E-state index contributed by atoms with van der Waals surface area (Å²) in [6.07, 6.45) is 3.32. The third kappa shape index (κ3) is 7.56. The van der Waals surface area contributed by atoms with Crippen molar-refractivity contribution in [1.29, 1.82) is 0 Å². The molecule has 0 aliphatic heterocycles. The summed E-state index contributed by atoms with van der Waals surface area (Å²) >= 11 is 0. The first-order chi connectivity index (χ1) is 5.16. The summed E-state index contributed by atoms with van der Waals surface area (Å²) in [6, 6.07) is 0. The van der Waals surface area contributed by atoms with Crippen LogP contribution in [0.15, 0.2) is 11.6 Å². The molecule has 1 N–H and O–H groups in total. The van der Waals surface area contributed by atoms with E-state index in [9.17, 15) is 0 Å². The van der Waals surface area contributed by atoms with Crippen LogP contribution in [0.3, 0.4) is 0 Å². The minimum atomic E-state index is 0.969. The van der Waals surface area contributed by atoms with E-state index >= 15 is 0 Å². The third-order valence-corrected chi connectivity index (χ3v) is 1.62. The predicted molar refractivity (Wildman–Crippen MR) is 50.6 cm³/mol. The molecular formula is C9H20N2. The van der Waals surface area contributed by atoms with Gasteiger partial charge in [0.1, 0.15) is 0 Å². The molecule has 2 heteroatoms. The van der Waals surface area contributed by atoms with Crippen molar-refractivity contribution in [2.45, 2.75) is 20.3 Å². The van der Waals surface area contributed by atoms with Gasteiger partial charge in [0.2, 0.25) is 0 Å². The molecule has 0 fully saturated rings. The van der Waals surface area contributed by atoms with Gasteiger partial charge in [-0.15, -0.1) is 0 Å². The summed E-state index contributed by atoms with van der Waals surface area (Å²) in [5.41, 5.74) is 1.45. The molecule has 0 saturated heterocycles. The number of hydrogen-bond acceptors (Lipinski definition) is 2. The maximum atomic E-state index is 3.34. The SMILES string of the molecule is C/C=C(\C)CCNCN(C)C. The maximum Gasteiger partial charge on any atom is 0.0474 e. The molecule has 0 spiro atoms. The van der Waals surface area contributed by atoms with Crippen LogP contribution in [0.2, 0.25) is 0 Å². The van der Waals surface area contributed by atoms with Gasteiger partial charge in [0, 0.05) is 13.2 Å². The molecule has 0 unspecified atom stereocenters. The van der Waals surface area contributed by atoms with Crippen LogP contribution in [-0.4, -0.2) is 32.2 Å². The number of nitrogens with one attached hydrogen (secondary N) is 1. The molecule has 0 rings (SSSR count). The lowest BCUT2D eigenvalue weighted by molar-refractivity contribution is 0.370. The van der Waals surface area contributed by atoms with Crippen LogP contribution in [0.25, 0.3) is 0 Å². The van der Waals surface area contributed by atoms with Gasteiger partial charge >= 0.3 is 0 Å². The van der Waals surface area contributed by atoms with Crippen molar-refractivity contribution in [2.75, 3.05) is 27.3 Å². The summed E-state index contributed by atoms with van der Waals surface area (Å²) < 4.78 is 0. The molecule has 0 amide bonds. The fourth-order valence-corrected chi connectivity index (χ4v) is 0.733. The van der Waals surface area contributed by atoms with Crippen LogP contribution in [0.4, 0.5) is 0 Å². The van der Waals surface area contributed by atoms with E-state index in [0.717, 1.165) is 19.6 Å². The zero-order valence-electron chi connectivity index (χ0n) is 8.15. The molecule has 0 heterocycles. The third-order valence-electron chi connectivity index (χ3n) is 1.62. The van der Waals surface area contributed by atoms with Crippen molar-refractivity contribution in [3.63, 3.8) is 0 Å². The Morgan fingerprint density at radius 2 is 2.09 bits per heavy atom. The standard InChI is InChI=1S/C9H20N2/c1-5-9(2)6-7-10-8-11(3)4/h5,10H,6-8H2,1-4H3/b9-5+. The highest BCUT2D eigenvalue weighted by Crippen LogP contribution is 1.95. The molecule has 0 atom stereocenters. The van der Waals surface area contributed by atoms with Gasteiger partial charge in [0.15, 0.2) is 0 Å². The van der Waals surface area contributed by atoms with Gasteiger partial charge in [0.05, 0.1) is 0 Å². The maximum absolute atomic E-state index is 3.34. The molecule has 0 saturated carbocycles. The molecule has 0 radical (unpaired) electrons. The smallest absolute Gasteiger partial charge is 0.0474 e. The Hall–Kier alpha value is -0.340. The zero-order valence-corrected chi connectivity index (χ0v) is 8.15. The summed E-state index contributed by atoms with van der Waals surface area (Å²) in [5, 5.41) is 3.34. The van der Waals surface area contributed by atoms with Gasteiger partial charge < -0.3 is 5.32 Å². The Kier molecular flexibility index (Phi) is 6.18. The van der Waals surface area contributed by atoms with E-state index in [-0.39, 0.29) is 0 Å². The second-order valence-electron chi connectivity index (χ2n) is 3.12. The summed E-state index contributed by atoms with van der Waals surface area (Å²) in [4.78, 5) is 2.13. The lowest BCUT2D eigenvalue weighted by Crippen LogP contribution is -2.28. The highest BCUT2D eigenvalue weighted by molar-refractivity contribution is 4.95. The fraction of sp³-hybridized carbons (Fsp3) is 0.778. The summed E-state index contributed by atoms with van der Waals surface area (Å²) in [5.74, 6) is 0. The zero-order chi connectivity index (χ0) is 8.69. The normalized spacial score (nSPS) is 12.6. The van der Waals surface area contributed by atoms with Crippen LogP contribution in [0, 0.1) is 0 Å². The van der Waals surface area contributed by atoms with E-state index < -0.39 is 0 Å². The van der Waals surface area contributed by atoms with Crippen molar-refractivity contribution < 1.29 is 0 Å². The topological polar surface area (TPSA) is 15.3 Å². The second-order valence-corrected chi connectivity index (χ2v) is 3.12. The number of allylic oxidation sites excluding steroid dienone is 1. The van der Waals surface area contributed by atoms with E-state index in [0.29, 0.717) is 0 Å². The first-order valence-corrected chi connectivity index (χ1v) is 4.14. The second kappa shape index (κ2) is 6.38. The quantitative estimate of drug-likeness (QED) is 0.368. The fourth-order valence-electron chi connectivity index (χ4n) is 0.733. The van der Waals surface area contributed by atoms with Crippen molar-refractivity contribution in [3.05, 3.63) is 11.6 Å². The number of nitrogens with zero attached hydrogens (tertiary/aromatic N) is 1. The van der Waals surface area contributed by atoms with Gasteiger partial charge in [0.25, 0.3) is 0 Å². The molecule has 66 valence electrons. The average Bonchev–Trinajstić information content (AvgIpc) is 1.97. The molecule has 0 aromatic heterocycles. The first kappa shape index (κ1) is 10.7. The minimum Gasteiger partial charge on any atom is -0.304 e. The Labute approximate surface area is 70.3 Å². The van der Waals surface area contributed by atoms with Gasteiger partial charge in [-0.2, -0.15) is 0 Å². The molecule has 0 aromatic rings. The predicted octanol–water partition coefficient (Wildman–Crippen LogP) is 1.45. The van der Waals surface area contributed by atoms with Crippen LogP contribution in [-0.2, 0) is 0 Å². The Balaban J connectivity index is 3.15. The monoisotopic (exact) mass is 156 g/mol. The highest BCUT2D eigenvalue weighted by Gasteiger charge is 1.89. The molecule has 0 bridgehead atoms. The largest absolute Gasteiger partial charge is 0.304 e. The van der Waals surface area contributed by atoms with Crippen LogP contribution in [0.5, 0.6) is 0 Å². The molecular weight excluding hydrogens is 136 g/mol. The van der Waals surface area contributed by atoms with Crippen molar-refractivity contribution >= 4 is 0 Å². The van der Waals surface area contributed by atoms with E-state index in [1.54, 1.807) is 0 Å².